The first kappa shape index (κ1) is 17.4. The standard InChI is InChI=1S/C22H18N2O2S/c1-15-13-20(24-26-15)23-22(25)21(17-8-3-2-4-9-17)27-19-12-11-16-7-5-6-10-18(16)14-19/h2-14,21H,1H3,(H,23,24,25)/t21-/m0/s1. The Hall–Kier alpha value is -3.05. The minimum Gasteiger partial charge on any atom is -0.360 e. The maximum Gasteiger partial charge on any atom is 0.243 e. The summed E-state index contributed by atoms with van der Waals surface area (Å²) < 4.78 is 5.05. The Labute approximate surface area is 161 Å². The second-order valence-corrected chi connectivity index (χ2v) is 7.41. The van der Waals surface area contributed by atoms with E-state index in [9.17, 15) is 4.79 Å². The molecule has 4 aromatic rings. The topological polar surface area (TPSA) is 55.1 Å². The van der Waals surface area contributed by atoms with Gasteiger partial charge in [-0.25, -0.2) is 0 Å². The van der Waals surface area contributed by atoms with Crippen LogP contribution in [0.15, 0.2) is 88.3 Å². The molecule has 1 amide bonds. The van der Waals surface area contributed by atoms with E-state index in [1.807, 2.05) is 42.5 Å². The van der Waals surface area contributed by atoms with Gasteiger partial charge in [0.15, 0.2) is 5.82 Å². The fourth-order valence-corrected chi connectivity index (χ4v) is 3.97. The predicted octanol–water partition coefficient (Wildman–Crippen LogP) is 5.61. The number of nitrogens with one attached hydrogen (secondary N) is 1. The normalized spacial score (nSPS) is 12.0. The molecule has 1 N–H and O–H groups in total. The molecule has 0 saturated carbocycles. The van der Waals surface area contributed by atoms with E-state index < -0.39 is 5.25 Å². The van der Waals surface area contributed by atoms with Gasteiger partial charge in [-0.15, -0.1) is 11.8 Å². The summed E-state index contributed by atoms with van der Waals surface area (Å²) in [5, 5.41) is 8.65. The van der Waals surface area contributed by atoms with Gasteiger partial charge >= 0.3 is 0 Å². The van der Waals surface area contributed by atoms with Gasteiger partial charge in [0.2, 0.25) is 5.91 Å². The van der Waals surface area contributed by atoms with E-state index in [0.29, 0.717) is 11.6 Å². The molecule has 5 heteroatoms. The smallest absolute Gasteiger partial charge is 0.243 e. The summed E-state index contributed by atoms with van der Waals surface area (Å²) in [6.07, 6.45) is 0. The first-order chi connectivity index (χ1) is 13.2. The van der Waals surface area contributed by atoms with Gasteiger partial charge in [0, 0.05) is 11.0 Å². The Morgan fingerprint density at radius 2 is 1.70 bits per heavy atom. The molecular formula is C22H18N2O2S. The number of nitrogens with zero attached hydrogens (tertiary/aromatic N) is 1. The van der Waals surface area contributed by atoms with Gasteiger partial charge in [-0.05, 0) is 35.4 Å². The molecule has 1 atom stereocenters. The number of carbonyl (C=O) groups is 1. The second kappa shape index (κ2) is 7.68. The molecule has 0 bridgehead atoms. The molecule has 0 aliphatic carbocycles. The maximum atomic E-state index is 13.0. The van der Waals surface area contributed by atoms with E-state index in [1.54, 1.807) is 13.0 Å². The molecule has 0 unspecified atom stereocenters. The first-order valence-electron chi connectivity index (χ1n) is 8.64. The zero-order chi connectivity index (χ0) is 18.6. The third-order valence-electron chi connectivity index (χ3n) is 4.19. The van der Waals surface area contributed by atoms with Gasteiger partial charge in [0.25, 0.3) is 0 Å². The molecule has 0 saturated heterocycles. The summed E-state index contributed by atoms with van der Waals surface area (Å²) in [5.74, 6) is 0.953. The highest BCUT2D eigenvalue weighted by atomic mass is 32.2. The van der Waals surface area contributed by atoms with Gasteiger partial charge in [-0.2, -0.15) is 0 Å². The predicted molar refractivity (Wildman–Crippen MR) is 109 cm³/mol. The molecule has 27 heavy (non-hydrogen) atoms. The van der Waals surface area contributed by atoms with E-state index in [1.165, 1.54) is 17.1 Å². The first-order valence-corrected chi connectivity index (χ1v) is 9.51. The molecule has 0 aliphatic heterocycles. The number of aryl methyl sites for hydroxylation is 1. The number of hydrogen-bond acceptors (Lipinski definition) is 4. The van der Waals surface area contributed by atoms with Crippen LogP contribution in [0.5, 0.6) is 0 Å². The molecule has 1 aromatic heterocycles. The summed E-state index contributed by atoms with van der Waals surface area (Å²) in [5.41, 5.74) is 0.938. The van der Waals surface area contributed by atoms with E-state index in [2.05, 4.69) is 40.8 Å². The molecule has 0 radical (unpaired) electrons. The van der Waals surface area contributed by atoms with E-state index in [0.717, 1.165) is 15.8 Å². The molecule has 0 spiro atoms. The summed E-state index contributed by atoms with van der Waals surface area (Å²) in [6, 6.07) is 25.9. The Balaban J connectivity index is 1.63. The van der Waals surface area contributed by atoms with Gasteiger partial charge in [-0.1, -0.05) is 65.8 Å². The molecule has 4 nitrogen and oxygen atoms in total. The summed E-state index contributed by atoms with van der Waals surface area (Å²) >= 11 is 1.52. The third kappa shape index (κ3) is 4.04. The van der Waals surface area contributed by atoms with Crippen LogP contribution in [0.2, 0.25) is 0 Å². The Kier molecular flexibility index (Phi) is 4.94. The van der Waals surface area contributed by atoms with Crippen molar-refractivity contribution in [2.75, 3.05) is 5.32 Å². The Bertz CT molecular complexity index is 1080. The number of aromatic nitrogens is 1. The van der Waals surface area contributed by atoms with Crippen molar-refractivity contribution >= 4 is 34.3 Å². The number of benzene rings is 3. The minimum atomic E-state index is -0.399. The number of amides is 1. The fraction of sp³-hybridized carbons (Fsp3) is 0.0909. The van der Waals surface area contributed by atoms with Crippen LogP contribution in [0.1, 0.15) is 16.6 Å². The largest absolute Gasteiger partial charge is 0.360 e. The summed E-state index contributed by atoms with van der Waals surface area (Å²) in [6.45, 7) is 1.79. The number of carbonyl (C=O) groups excluding carboxylic acids is 1. The van der Waals surface area contributed by atoms with Crippen LogP contribution in [0, 0.1) is 6.92 Å². The van der Waals surface area contributed by atoms with Gasteiger partial charge in [-0.3, -0.25) is 4.79 Å². The highest BCUT2D eigenvalue weighted by Crippen LogP contribution is 2.37. The van der Waals surface area contributed by atoms with E-state index >= 15 is 0 Å². The van der Waals surface area contributed by atoms with Crippen LogP contribution in [-0.4, -0.2) is 11.1 Å². The third-order valence-corrected chi connectivity index (χ3v) is 5.44. The summed E-state index contributed by atoms with van der Waals surface area (Å²) in [4.78, 5) is 14.0. The molecule has 134 valence electrons. The zero-order valence-corrected chi connectivity index (χ0v) is 15.6. The van der Waals surface area contributed by atoms with Crippen LogP contribution in [-0.2, 0) is 4.79 Å². The van der Waals surface area contributed by atoms with Crippen molar-refractivity contribution < 1.29 is 9.32 Å². The van der Waals surface area contributed by atoms with Gasteiger partial charge < -0.3 is 9.84 Å². The number of hydrogen-bond donors (Lipinski definition) is 1. The molecule has 1 heterocycles. The minimum absolute atomic E-state index is 0.132. The SMILES string of the molecule is Cc1cc(NC(=O)[C@@H](Sc2ccc3ccccc3c2)c2ccccc2)no1. The molecule has 0 fully saturated rings. The molecule has 0 aliphatic rings. The van der Waals surface area contributed by atoms with Crippen molar-refractivity contribution in [2.24, 2.45) is 0 Å². The van der Waals surface area contributed by atoms with Crippen molar-refractivity contribution in [1.82, 2.24) is 5.16 Å². The van der Waals surface area contributed by atoms with Crippen LogP contribution in [0.25, 0.3) is 10.8 Å². The Morgan fingerprint density at radius 3 is 2.44 bits per heavy atom. The van der Waals surface area contributed by atoms with Crippen LogP contribution in [0.3, 0.4) is 0 Å². The number of rotatable bonds is 5. The highest BCUT2D eigenvalue weighted by molar-refractivity contribution is 8.00. The van der Waals surface area contributed by atoms with Crippen LogP contribution in [0.4, 0.5) is 5.82 Å². The number of anilines is 1. The van der Waals surface area contributed by atoms with Crippen molar-refractivity contribution in [3.05, 3.63) is 90.2 Å². The average molecular weight is 374 g/mol. The highest BCUT2D eigenvalue weighted by Gasteiger charge is 2.23. The molecule has 3 aromatic carbocycles. The van der Waals surface area contributed by atoms with Crippen molar-refractivity contribution in [3.8, 4) is 0 Å². The van der Waals surface area contributed by atoms with Crippen LogP contribution < -0.4 is 5.32 Å². The van der Waals surface area contributed by atoms with Crippen molar-refractivity contribution in [2.45, 2.75) is 17.1 Å². The lowest BCUT2D eigenvalue weighted by Gasteiger charge is -2.16. The van der Waals surface area contributed by atoms with E-state index in [-0.39, 0.29) is 5.91 Å². The van der Waals surface area contributed by atoms with Gasteiger partial charge in [0.1, 0.15) is 11.0 Å². The second-order valence-electron chi connectivity index (χ2n) is 6.23. The lowest BCUT2D eigenvalue weighted by atomic mass is 10.1. The fourth-order valence-electron chi connectivity index (χ4n) is 2.89. The van der Waals surface area contributed by atoms with Crippen molar-refractivity contribution in [1.29, 1.82) is 0 Å². The Morgan fingerprint density at radius 1 is 0.963 bits per heavy atom. The maximum absolute atomic E-state index is 13.0. The average Bonchev–Trinajstić information content (AvgIpc) is 3.11. The lowest BCUT2D eigenvalue weighted by molar-refractivity contribution is -0.115. The molecular weight excluding hydrogens is 356 g/mol. The monoisotopic (exact) mass is 374 g/mol. The van der Waals surface area contributed by atoms with Crippen LogP contribution >= 0.6 is 11.8 Å². The van der Waals surface area contributed by atoms with E-state index in [4.69, 9.17) is 4.52 Å². The number of thioether (sulfide) groups is 1. The quantitative estimate of drug-likeness (QED) is 0.461. The lowest BCUT2D eigenvalue weighted by Crippen LogP contribution is -2.19. The molecule has 4 rings (SSSR count). The number of fused-ring (bicyclic) bond motifs is 1. The summed E-state index contributed by atoms with van der Waals surface area (Å²) in [7, 11) is 0. The van der Waals surface area contributed by atoms with Gasteiger partial charge in [0.05, 0.1) is 0 Å². The zero-order valence-electron chi connectivity index (χ0n) is 14.8. The van der Waals surface area contributed by atoms with Crippen molar-refractivity contribution in [3.63, 3.8) is 0 Å².